The van der Waals surface area contributed by atoms with Gasteiger partial charge in [-0.15, -0.1) is 0 Å². The Kier molecular flexibility index (Phi) is 14.2. The van der Waals surface area contributed by atoms with E-state index in [-0.39, 0.29) is 11.1 Å². The topological polar surface area (TPSA) is 101 Å². The van der Waals surface area contributed by atoms with Gasteiger partial charge in [0.15, 0.2) is 0 Å². The van der Waals surface area contributed by atoms with Crippen molar-refractivity contribution in [3.8, 4) is 0 Å². The number of nitrogens with two attached hydrogens (primary N) is 1. The molecule has 0 unspecified atom stereocenters. The van der Waals surface area contributed by atoms with Crippen molar-refractivity contribution >= 4 is 11.9 Å². The van der Waals surface area contributed by atoms with Gasteiger partial charge in [0.05, 0.1) is 0 Å². The molecule has 16 heavy (non-hydrogen) atoms. The summed E-state index contributed by atoms with van der Waals surface area (Å²) in [5.41, 5.74) is 5.46. The van der Waals surface area contributed by atoms with Crippen LogP contribution < -0.4 is 5.73 Å². The smallest absolute Gasteiger partial charge is 0.330 e. The van der Waals surface area contributed by atoms with Crippen LogP contribution in [0.25, 0.3) is 0 Å². The van der Waals surface area contributed by atoms with Crippen molar-refractivity contribution in [2.45, 2.75) is 33.7 Å². The molecule has 0 saturated heterocycles. The quantitative estimate of drug-likeness (QED) is 0.627. The van der Waals surface area contributed by atoms with Gasteiger partial charge in [-0.3, -0.25) is 0 Å². The first-order chi connectivity index (χ1) is 7.02. The average Bonchev–Trinajstić information content (AvgIpc) is 2.03. The largest absolute Gasteiger partial charge is 0.478 e. The van der Waals surface area contributed by atoms with E-state index in [1.165, 1.54) is 13.8 Å². The average molecular weight is 231 g/mol. The summed E-state index contributed by atoms with van der Waals surface area (Å²) in [4.78, 5) is 19.2. The second-order valence-electron chi connectivity index (χ2n) is 3.41. The molecule has 0 atom stereocenters. The second kappa shape index (κ2) is 11.5. The van der Waals surface area contributed by atoms with Gasteiger partial charge >= 0.3 is 11.9 Å². The maximum absolute atomic E-state index is 9.60. The van der Waals surface area contributed by atoms with Crippen molar-refractivity contribution in [3.05, 3.63) is 24.3 Å². The molecule has 0 aliphatic carbocycles. The van der Waals surface area contributed by atoms with Gasteiger partial charge in [0.1, 0.15) is 0 Å². The van der Waals surface area contributed by atoms with Crippen LogP contribution in [0.1, 0.15) is 27.7 Å². The highest BCUT2D eigenvalue weighted by Crippen LogP contribution is 1.81. The fourth-order valence-corrected chi connectivity index (χ4v) is 0. The van der Waals surface area contributed by atoms with Crippen molar-refractivity contribution in [2.24, 2.45) is 5.73 Å². The maximum Gasteiger partial charge on any atom is 0.330 e. The molecule has 0 heterocycles. The summed E-state index contributed by atoms with van der Waals surface area (Å²) in [5.74, 6) is -1.87. The molecule has 5 heteroatoms. The van der Waals surface area contributed by atoms with Gasteiger partial charge in [0.2, 0.25) is 0 Å². The van der Waals surface area contributed by atoms with Gasteiger partial charge in [0.25, 0.3) is 0 Å². The van der Waals surface area contributed by atoms with E-state index in [9.17, 15) is 9.59 Å². The Balaban J connectivity index is -0.000000162. The predicted octanol–water partition coefficient (Wildman–Crippen LogP) is 1.65. The first-order valence-electron chi connectivity index (χ1n) is 4.55. The highest BCUT2D eigenvalue weighted by molar-refractivity contribution is 5.85. The number of hydrogen-bond donors (Lipinski definition) is 3. The third-order valence-corrected chi connectivity index (χ3v) is 0.730. The number of carboxylic acids is 2. The molecule has 0 saturated carbocycles. The molecular formula is C11H21NO4. The zero-order valence-corrected chi connectivity index (χ0v) is 10.3. The summed E-state index contributed by atoms with van der Waals surface area (Å²) < 4.78 is 0. The monoisotopic (exact) mass is 231 g/mol. The third-order valence-electron chi connectivity index (χ3n) is 0.730. The SMILES string of the molecule is C=C(C)C(=O)O.C=C(C)C(=O)O.CC(C)N. The molecule has 0 fully saturated rings. The molecule has 0 rings (SSSR count). The van der Waals surface area contributed by atoms with Gasteiger partial charge in [-0.25, -0.2) is 9.59 Å². The van der Waals surface area contributed by atoms with Gasteiger partial charge in [-0.1, -0.05) is 27.0 Å². The van der Waals surface area contributed by atoms with Crippen molar-refractivity contribution in [2.75, 3.05) is 0 Å². The molecule has 0 spiro atoms. The summed E-state index contributed by atoms with van der Waals surface area (Å²) in [6.45, 7) is 13.1. The van der Waals surface area contributed by atoms with Gasteiger partial charge in [-0.2, -0.15) is 0 Å². The summed E-state index contributed by atoms with van der Waals surface area (Å²) >= 11 is 0. The summed E-state index contributed by atoms with van der Waals surface area (Å²) in [6.07, 6.45) is 0. The number of hydrogen-bond acceptors (Lipinski definition) is 3. The van der Waals surface area contributed by atoms with E-state index in [0.29, 0.717) is 6.04 Å². The lowest BCUT2D eigenvalue weighted by Crippen LogP contribution is -2.06. The Morgan fingerprint density at radius 3 is 1.06 bits per heavy atom. The molecule has 0 amide bonds. The minimum atomic E-state index is -0.935. The fourth-order valence-electron chi connectivity index (χ4n) is 0. The highest BCUT2D eigenvalue weighted by atomic mass is 16.4. The van der Waals surface area contributed by atoms with Crippen LogP contribution in [0, 0.1) is 0 Å². The van der Waals surface area contributed by atoms with E-state index in [0.717, 1.165) is 0 Å². The molecule has 4 N–H and O–H groups in total. The van der Waals surface area contributed by atoms with Crippen LogP contribution in [0.3, 0.4) is 0 Å². The Hall–Kier alpha value is -1.62. The Morgan fingerprint density at radius 2 is 1.06 bits per heavy atom. The number of carbonyl (C=O) groups is 2. The highest BCUT2D eigenvalue weighted by Gasteiger charge is 1.90. The van der Waals surface area contributed by atoms with Gasteiger partial charge < -0.3 is 15.9 Å². The van der Waals surface area contributed by atoms with Crippen molar-refractivity contribution in [1.82, 2.24) is 0 Å². The molecule has 0 aromatic rings. The minimum absolute atomic E-state index is 0.176. The van der Waals surface area contributed by atoms with Crippen molar-refractivity contribution < 1.29 is 19.8 Å². The Bertz CT molecular complexity index is 206. The fraction of sp³-hybridized carbons (Fsp3) is 0.455. The zero-order valence-electron chi connectivity index (χ0n) is 10.3. The first kappa shape index (κ1) is 19.9. The van der Waals surface area contributed by atoms with Crippen LogP contribution in [-0.2, 0) is 9.59 Å². The molecule has 0 aromatic carbocycles. The van der Waals surface area contributed by atoms with Crippen molar-refractivity contribution in [1.29, 1.82) is 0 Å². The van der Waals surface area contributed by atoms with Crippen LogP contribution in [0.5, 0.6) is 0 Å². The molecule has 94 valence electrons. The lowest BCUT2D eigenvalue weighted by Gasteiger charge is -1.81. The Morgan fingerprint density at radius 1 is 1.00 bits per heavy atom. The summed E-state index contributed by atoms with van der Waals surface area (Å²) in [6, 6.07) is 0.333. The molecular weight excluding hydrogens is 210 g/mol. The molecule has 0 radical (unpaired) electrons. The van der Waals surface area contributed by atoms with E-state index >= 15 is 0 Å². The van der Waals surface area contributed by atoms with E-state index in [1.54, 1.807) is 0 Å². The van der Waals surface area contributed by atoms with Crippen LogP contribution in [0.2, 0.25) is 0 Å². The van der Waals surface area contributed by atoms with E-state index in [4.69, 9.17) is 15.9 Å². The molecule has 0 aromatic heterocycles. The second-order valence-corrected chi connectivity index (χ2v) is 3.41. The summed E-state index contributed by atoms with van der Waals surface area (Å²) in [7, 11) is 0. The number of rotatable bonds is 2. The molecule has 0 aliphatic heterocycles. The normalized spacial score (nSPS) is 7.88. The van der Waals surface area contributed by atoms with E-state index in [2.05, 4.69) is 13.2 Å². The van der Waals surface area contributed by atoms with Crippen LogP contribution >= 0.6 is 0 Å². The van der Waals surface area contributed by atoms with Crippen LogP contribution in [0.4, 0.5) is 0 Å². The molecule has 0 bridgehead atoms. The molecule has 5 nitrogen and oxygen atoms in total. The predicted molar refractivity (Wildman–Crippen MR) is 64.2 cm³/mol. The van der Waals surface area contributed by atoms with Gasteiger partial charge in [-0.05, 0) is 19.9 Å². The molecule has 0 aliphatic rings. The standard InChI is InChI=1S/2C4H6O2.C3H9N/c2*1-3(2)4(5)6;1-3(2)4/h2*1H2,2H3,(H,5,6);3H,4H2,1-2H3. The van der Waals surface area contributed by atoms with E-state index in [1.807, 2.05) is 13.8 Å². The Labute approximate surface area is 96.3 Å². The van der Waals surface area contributed by atoms with Gasteiger partial charge in [0, 0.05) is 11.1 Å². The zero-order chi connectivity index (χ0) is 13.9. The maximum atomic E-state index is 9.60. The van der Waals surface area contributed by atoms with E-state index < -0.39 is 11.9 Å². The number of carboxylic acid groups (broad SMARTS) is 2. The lowest BCUT2D eigenvalue weighted by atomic mass is 10.4. The minimum Gasteiger partial charge on any atom is -0.478 e. The van der Waals surface area contributed by atoms with Crippen LogP contribution in [-0.4, -0.2) is 28.2 Å². The summed E-state index contributed by atoms with van der Waals surface area (Å²) in [5, 5.41) is 15.8. The number of aliphatic carboxylic acids is 2. The van der Waals surface area contributed by atoms with Crippen LogP contribution in [0.15, 0.2) is 24.3 Å². The van der Waals surface area contributed by atoms with Crippen molar-refractivity contribution in [3.63, 3.8) is 0 Å². The lowest BCUT2D eigenvalue weighted by molar-refractivity contribution is -0.133. The third kappa shape index (κ3) is 39.4. The first-order valence-corrected chi connectivity index (χ1v) is 4.55.